The molecule has 0 aromatic heterocycles. The van der Waals surface area contributed by atoms with Crippen molar-refractivity contribution in [2.24, 2.45) is 0 Å². The van der Waals surface area contributed by atoms with Crippen LogP contribution in [0.2, 0.25) is 0 Å². The maximum atomic E-state index is 12.2. The summed E-state index contributed by atoms with van der Waals surface area (Å²) < 4.78 is 5.50. The molecule has 1 saturated heterocycles. The summed E-state index contributed by atoms with van der Waals surface area (Å²) in [7, 11) is 3.40. The number of likely N-dealkylation sites (N-methyl/N-ethyl adjacent to an activating group) is 1. The first kappa shape index (κ1) is 15.9. The van der Waals surface area contributed by atoms with E-state index in [2.05, 4.69) is 5.32 Å². The third-order valence-corrected chi connectivity index (χ3v) is 2.92. The van der Waals surface area contributed by atoms with E-state index in [4.69, 9.17) is 4.74 Å². The summed E-state index contributed by atoms with van der Waals surface area (Å²) in [4.78, 5) is 27.4. The second-order valence-electron chi connectivity index (χ2n) is 5.94. The third-order valence-electron chi connectivity index (χ3n) is 2.92. The molecule has 0 aromatic carbocycles. The number of amides is 2. The highest BCUT2D eigenvalue weighted by molar-refractivity contribution is 5.88. The normalized spacial score (nSPS) is 20.3. The molecule has 19 heavy (non-hydrogen) atoms. The monoisotopic (exact) mass is 271 g/mol. The van der Waals surface area contributed by atoms with E-state index in [-0.39, 0.29) is 24.0 Å². The molecular formula is C13H25N3O3. The van der Waals surface area contributed by atoms with Crippen LogP contribution in [0.15, 0.2) is 0 Å². The van der Waals surface area contributed by atoms with Crippen LogP contribution >= 0.6 is 0 Å². The fourth-order valence-electron chi connectivity index (χ4n) is 1.88. The highest BCUT2D eigenvalue weighted by Crippen LogP contribution is 2.10. The van der Waals surface area contributed by atoms with Crippen molar-refractivity contribution in [1.82, 2.24) is 15.1 Å². The Morgan fingerprint density at radius 1 is 1.37 bits per heavy atom. The average molecular weight is 271 g/mol. The second kappa shape index (κ2) is 6.34. The molecule has 1 heterocycles. The Hall–Kier alpha value is -1.14. The molecule has 0 saturated carbocycles. The van der Waals surface area contributed by atoms with Gasteiger partial charge < -0.3 is 19.9 Å². The van der Waals surface area contributed by atoms with Crippen molar-refractivity contribution in [3.05, 3.63) is 0 Å². The first-order chi connectivity index (χ1) is 8.72. The van der Waals surface area contributed by atoms with Gasteiger partial charge >= 0.3 is 0 Å². The van der Waals surface area contributed by atoms with Crippen LogP contribution in [0.3, 0.4) is 0 Å². The number of hydrogen-bond acceptors (Lipinski definition) is 4. The zero-order valence-electron chi connectivity index (χ0n) is 12.5. The van der Waals surface area contributed by atoms with E-state index in [0.717, 1.165) is 0 Å². The maximum absolute atomic E-state index is 12.2. The minimum absolute atomic E-state index is 0.0146. The van der Waals surface area contributed by atoms with Crippen LogP contribution in [0.25, 0.3) is 0 Å². The van der Waals surface area contributed by atoms with Crippen molar-refractivity contribution in [1.29, 1.82) is 0 Å². The lowest BCUT2D eigenvalue weighted by atomic mass is 10.1. The molecule has 1 N–H and O–H groups in total. The van der Waals surface area contributed by atoms with Crippen molar-refractivity contribution >= 4 is 11.8 Å². The van der Waals surface area contributed by atoms with Crippen LogP contribution in [-0.4, -0.2) is 73.6 Å². The number of ether oxygens (including phenoxy) is 1. The highest BCUT2D eigenvalue weighted by atomic mass is 16.5. The molecule has 6 heteroatoms. The van der Waals surface area contributed by atoms with Crippen LogP contribution in [-0.2, 0) is 14.3 Å². The molecular weight excluding hydrogens is 246 g/mol. The zero-order chi connectivity index (χ0) is 14.6. The maximum Gasteiger partial charge on any atom is 0.249 e. The molecule has 6 nitrogen and oxygen atoms in total. The fourth-order valence-corrected chi connectivity index (χ4v) is 1.88. The van der Waals surface area contributed by atoms with E-state index in [1.165, 1.54) is 4.90 Å². The molecule has 2 amide bonds. The van der Waals surface area contributed by atoms with Crippen molar-refractivity contribution in [3.8, 4) is 0 Å². The Kier molecular flexibility index (Phi) is 5.31. The third kappa shape index (κ3) is 4.80. The van der Waals surface area contributed by atoms with Gasteiger partial charge in [-0.2, -0.15) is 0 Å². The summed E-state index contributed by atoms with van der Waals surface area (Å²) in [5.41, 5.74) is -0.356. The van der Waals surface area contributed by atoms with Crippen molar-refractivity contribution in [2.45, 2.75) is 32.4 Å². The van der Waals surface area contributed by atoms with Gasteiger partial charge in [0.2, 0.25) is 11.8 Å². The van der Waals surface area contributed by atoms with E-state index in [0.29, 0.717) is 19.6 Å². The number of carbonyl (C=O) groups excluding carboxylic acids is 2. The SMILES string of the molecule is CN(C)C(=O)C1CNCCN1C(=O)COC(C)(C)C. The van der Waals surface area contributed by atoms with Crippen LogP contribution < -0.4 is 5.32 Å². The van der Waals surface area contributed by atoms with Crippen molar-refractivity contribution < 1.29 is 14.3 Å². The standard InChI is InChI=1S/C13H25N3O3/c1-13(2,3)19-9-11(17)16-7-6-14-8-10(16)12(18)15(4)5/h10,14H,6-9H2,1-5H3. The van der Waals surface area contributed by atoms with E-state index in [1.54, 1.807) is 19.0 Å². The predicted octanol–water partition coefficient (Wildman–Crippen LogP) is -0.310. The highest BCUT2D eigenvalue weighted by Gasteiger charge is 2.33. The summed E-state index contributed by atoms with van der Waals surface area (Å²) in [6, 6.07) is -0.431. The van der Waals surface area contributed by atoms with Crippen LogP contribution in [0.4, 0.5) is 0 Å². The summed E-state index contributed by atoms with van der Waals surface area (Å²) in [5.74, 6) is -0.187. The number of nitrogens with zero attached hydrogens (tertiary/aromatic N) is 2. The van der Waals surface area contributed by atoms with Gasteiger partial charge in [-0.15, -0.1) is 0 Å². The molecule has 0 aromatic rings. The first-order valence-electron chi connectivity index (χ1n) is 6.57. The summed E-state index contributed by atoms with van der Waals surface area (Å²) in [5, 5.41) is 3.15. The smallest absolute Gasteiger partial charge is 0.249 e. The van der Waals surface area contributed by atoms with Gasteiger partial charge in [0.1, 0.15) is 12.6 Å². The van der Waals surface area contributed by atoms with Gasteiger partial charge in [0.25, 0.3) is 0 Å². The van der Waals surface area contributed by atoms with Gasteiger partial charge in [-0.05, 0) is 20.8 Å². The minimum Gasteiger partial charge on any atom is -0.366 e. The number of carbonyl (C=O) groups is 2. The van der Waals surface area contributed by atoms with E-state index in [1.807, 2.05) is 20.8 Å². The lowest BCUT2D eigenvalue weighted by molar-refractivity contribution is -0.151. The van der Waals surface area contributed by atoms with Crippen LogP contribution in [0.1, 0.15) is 20.8 Å². The van der Waals surface area contributed by atoms with Gasteiger partial charge in [0, 0.05) is 33.7 Å². The van der Waals surface area contributed by atoms with Gasteiger partial charge in [-0.25, -0.2) is 0 Å². The van der Waals surface area contributed by atoms with E-state index < -0.39 is 6.04 Å². The molecule has 1 atom stereocenters. The lowest BCUT2D eigenvalue weighted by Gasteiger charge is -2.36. The number of rotatable bonds is 3. The number of piperazine rings is 1. The Morgan fingerprint density at radius 2 is 2.00 bits per heavy atom. The average Bonchev–Trinajstić information content (AvgIpc) is 2.34. The Morgan fingerprint density at radius 3 is 2.53 bits per heavy atom. The summed E-state index contributed by atoms with van der Waals surface area (Å²) >= 11 is 0. The summed E-state index contributed by atoms with van der Waals surface area (Å²) in [6.07, 6.45) is 0. The Bertz CT molecular complexity index is 337. The molecule has 1 unspecified atom stereocenters. The quantitative estimate of drug-likeness (QED) is 0.765. The lowest BCUT2D eigenvalue weighted by Crippen LogP contribution is -2.60. The molecule has 0 bridgehead atoms. The molecule has 1 fully saturated rings. The summed E-state index contributed by atoms with van der Waals surface area (Å²) in [6.45, 7) is 7.47. The Balaban J connectivity index is 2.66. The van der Waals surface area contributed by atoms with Crippen molar-refractivity contribution in [2.75, 3.05) is 40.3 Å². The van der Waals surface area contributed by atoms with Crippen molar-refractivity contribution in [3.63, 3.8) is 0 Å². The topological polar surface area (TPSA) is 61.9 Å². The van der Waals surface area contributed by atoms with E-state index in [9.17, 15) is 9.59 Å². The van der Waals surface area contributed by atoms with Crippen LogP contribution in [0.5, 0.6) is 0 Å². The molecule has 0 radical (unpaired) electrons. The van der Waals surface area contributed by atoms with Gasteiger partial charge in [-0.1, -0.05) is 0 Å². The van der Waals surface area contributed by atoms with Gasteiger partial charge in [0.05, 0.1) is 5.60 Å². The fraction of sp³-hybridized carbons (Fsp3) is 0.846. The zero-order valence-corrected chi connectivity index (χ0v) is 12.5. The number of nitrogens with one attached hydrogen (secondary N) is 1. The molecule has 1 aliphatic heterocycles. The Labute approximate surface area is 115 Å². The predicted molar refractivity (Wildman–Crippen MR) is 72.8 cm³/mol. The minimum atomic E-state index is -0.431. The van der Waals surface area contributed by atoms with Gasteiger partial charge in [0.15, 0.2) is 0 Å². The largest absolute Gasteiger partial charge is 0.366 e. The number of hydrogen-bond donors (Lipinski definition) is 1. The second-order valence-corrected chi connectivity index (χ2v) is 5.94. The van der Waals surface area contributed by atoms with Gasteiger partial charge in [-0.3, -0.25) is 9.59 Å². The van der Waals surface area contributed by atoms with E-state index >= 15 is 0 Å². The molecule has 1 rings (SSSR count). The van der Waals surface area contributed by atoms with Crippen LogP contribution in [0, 0.1) is 0 Å². The molecule has 110 valence electrons. The molecule has 0 aliphatic carbocycles. The molecule has 1 aliphatic rings. The first-order valence-corrected chi connectivity index (χ1v) is 6.57. The molecule has 0 spiro atoms.